The number of aromatic nitrogens is 3. The van der Waals surface area contributed by atoms with E-state index >= 15 is 0 Å². The van der Waals surface area contributed by atoms with Crippen molar-refractivity contribution in [1.29, 1.82) is 0 Å². The van der Waals surface area contributed by atoms with Gasteiger partial charge < -0.3 is 30.6 Å². The summed E-state index contributed by atoms with van der Waals surface area (Å²) in [5, 5.41) is 25.6. The predicted octanol–water partition coefficient (Wildman–Crippen LogP) is 2.94. The number of aliphatic hydroxyl groups excluding tert-OH is 2. The van der Waals surface area contributed by atoms with Crippen LogP contribution in [0.3, 0.4) is 0 Å². The Balaban J connectivity index is 1.41. The number of carbonyl (C=O) groups is 1. The van der Waals surface area contributed by atoms with E-state index in [2.05, 4.69) is 30.4 Å². The molecule has 1 atom stereocenters. The van der Waals surface area contributed by atoms with Gasteiger partial charge in [-0.3, -0.25) is 4.79 Å². The molecule has 4 N–H and O–H groups in total. The highest BCUT2D eigenvalue weighted by Gasteiger charge is 2.23. The molecule has 10 nitrogen and oxygen atoms in total. The maximum Gasteiger partial charge on any atom is 0.274 e. The molecule has 0 bridgehead atoms. The number of nitrogens with one attached hydrogen (secondary N) is 2. The zero-order valence-electron chi connectivity index (χ0n) is 20.3. The molecule has 0 saturated carbocycles. The normalized spacial score (nSPS) is 18.4. The Morgan fingerprint density at radius 2 is 1.89 bits per heavy atom. The Kier molecular flexibility index (Phi) is 7.78. The number of thiazole rings is 1. The van der Waals surface area contributed by atoms with Gasteiger partial charge in [0, 0.05) is 39.3 Å². The lowest BCUT2D eigenvalue weighted by Gasteiger charge is -2.32. The van der Waals surface area contributed by atoms with Gasteiger partial charge in [0.2, 0.25) is 0 Å². The van der Waals surface area contributed by atoms with Crippen molar-refractivity contribution in [3.8, 4) is 0 Å². The molecule has 3 aromatic rings. The second-order valence-corrected chi connectivity index (χ2v) is 10.4. The lowest BCUT2D eigenvalue weighted by molar-refractivity contribution is 0.102. The average Bonchev–Trinajstić information content (AvgIpc) is 3.33. The summed E-state index contributed by atoms with van der Waals surface area (Å²) in [6, 6.07) is 7.44. The molecular weight excluding hydrogens is 478 g/mol. The zero-order chi connectivity index (χ0) is 24.9. The van der Waals surface area contributed by atoms with Crippen LogP contribution >= 0.6 is 11.3 Å². The van der Waals surface area contributed by atoms with E-state index in [1.807, 2.05) is 18.2 Å². The highest BCUT2D eigenvalue weighted by molar-refractivity contribution is 7.22. The second kappa shape index (κ2) is 11.4. The molecular formula is C25H33N7O3S. The minimum Gasteiger partial charge on any atom is -0.396 e. The summed E-state index contributed by atoms with van der Waals surface area (Å²) in [5.41, 5.74) is 1.62. The molecule has 0 radical (unpaired) electrons. The van der Waals surface area contributed by atoms with Gasteiger partial charge in [-0.1, -0.05) is 17.4 Å². The molecule has 0 aromatic carbocycles. The minimum atomic E-state index is -0.282. The average molecular weight is 512 g/mol. The summed E-state index contributed by atoms with van der Waals surface area (Å²) < 4.78 is 0.858. The largest absolute Gasteiger partial charge is 0.396 e. The molecule has 1 unspecified atom stereocenters. The quantitative estimate of drug-likeness (QED) is 0.361. The number of carbonyl (C=O) groups excluding carboxylic acids is 1. The second-order valence-electron chi connectivity index (χ2n) is 9.37. The Bertz CT molecular complexity index is 1200. The van der Waals surface area contributed by atoms with Gasteiger partial charge in [0.05, 0.1) is 17.0 Å². The van der Waals surface area contributed by atoms with Crippen LogP contribution in [0.5, 0.6) is 0 Å². The molecule has 2 fully saturated rings. The van der Waals surface area contributed by atoms with Gasteiger partial charge in [-0.2, -0.15) is 0 Å². The van der Waals surface area contributed by atoms with Crippen LogP contribution in [0.1, 0.15) is 42.6 Å². The van der Waals surface area contributed by atoms with Gasteiger partial charge in [0.15, 0.2) is 16.6 Å². The summed E-state index contributed by atoms with van der Waals surface area (Å²) in [4.78, 5) is 31.8. The molecule has 2 saturated heterocycles. The zero-order valence-corrected chi connectivity index (χ0v) is 21.1. The Labute approximate surface area is 214 Å². The first-order valence-corrected chi connectivity index (χ1v) is 13.5. The SMILES string of the molecule is O=C(Nc1cc2sc(NCCO)nc2nc1N1CCCCC1)c1cccc(N2CCCC(CO)C2)n1. The predicted molar refractivity (Wildman–Crippen MR) is 143 cm³/mol. The molecule has 3 aromatic heterocycles. The van der Waals surface area contributed by atoms with Crippen molar-refractivity contribution < 1.29 is 15.0 Å². The maximum atomic E-state index is 13.4. The molecule has 5 heterocycles. The number of anilines is 4. The van der Waals surface area contributed by atoms with Crippen molar-refractivity contribution >= 4 is 50.0 Å². The lowest BCUT2D eigenvalue weighted by Crippen LogP contribution is -2.37. The van der Waals surface area contributed by atoms with E-state index in [9.17, 15) is 9.90 Å². The third kappa shape index (κ3) is 5.53. The van der Waals surface area contributed by atoms with E-state index in [0.717, 1.165) is 68.2 Å². The van der Waals surface area contributed by atoms with E-state index in [1.54, 1.807) is 6.07 Å². The Morgan fingerprint density at radius 3 is 2.69 bits per heavy atom. The fourth-order valence-corrected chi connectivity index (χ4v) is 5.74. The number of nitrogens with zero attached hydrogens (tertiary/aromatic N) is 5. The van der Waals surface area contributed by atoms with E-state index in [0.29, 0.717) is 28.7 Å². The number of piperidine rings is 2. The maximum absolute atomic E-state index is 13.4. The number of aliphatic hydroxyl groups is 2. The van der Waals surface area contributed by atoms with Crippen molar-refractivity contribution in [3.63, 3.8) is 0 Å². The smallest absolute Gasteiger partial charge is 0.274 e. The fourth-order valence-electron chi connectivity index (χ4n) is 4.87. The van der Waals surface area contributed by atoms with Crippen molar-refractivity contribution in [2.45, 2.75) is 32.1 Å². The molecule has 36 heavy (non-hydrogen) atoms. The summed E-state index contributed by atoms with van der Waals surface area (Å²) >= 11 is 1.44. The van der Waals surface area contributed by atoms with E-state index in [-0.39, 0.29) is 25.0 Å². The van der Waals surface area contributed by atoms with E-state index in [4.69, 9.17) is 10.1 Å². The standard InChI is InChI=1S/C25H33N7O3S/c33-13-9-26-25-30-22-20(36-25)14-19(23(29-22)31-10-2-1-3-11-31)28-24(35)18-7-4-8-21(27-18)32-12-5-6-17(15-32)16-34/h4,7-8,14,17,33-34H,1-3,5-6,9-13,15-16H2,(H,28,35)(H,26,29,30). The number of hydrogen-bond donors (Lipinski definition) is 4. The van der Waals surface area contributed by atoms with Crippen LogP contribution in [-0.4, -0.2) is 77.0 Å². The molecule has 5 rings (SSSR count). The fraction of sp³-hybridized carbons (Fsp3) is 0.520. The van der Waals surface area contributed by atoms with Crippen molar-refractivity contribution in [2.24, 2.45) is 5.92 Å². The molecule has 0 aliphatic carbocycles. The summed E-state index contributed by atoms with van der Waals surface area (Å²) in [7, 11) is 0. The lowest BCUT2D eigenvalue weighted by atomic mass is 9.99. The van der Waals surface area contributed by atoms with Crippen LogP contribution in [0, 0.1) is 5.92 Å². The third-order valence-corrected chi connectivity index (χ3v) is 7.67. The summed E-state index contributed by atoms with van der Waals surface area (Å²) in [6.45, 7) is 3.98. The minimum absolute atomic E-state index is 0.0217. The Hall–Kier alpha value is -3.02. The number of amides is 1. The topological polar surface area (TPSA) is 127 Å². The van der Waals surface area contributed by atoms with Gasteiger partial charge in [0.1, 0.15) is 11.5 Å². The van der Waals surface area contributed by atoms with Crippen LogP contribution < -0.4 is 20.4 Å². The van der Waals surface area contributed by atoms with Crippen LogP contribution in [0.4, 0.5) is 22.5 Å². The first kappa shape index (κ1) is 24.7. The molecule has 2 aliphatic rings. The van der Waals surface area contributed by atoms with E-state index in [1.165, 1.54) is 17.8 Å². The monoisotopic (exact) mass is 511 g/mol. The van der Waals surface area contributed by atoms with Crippen molar-refractivity contribution in [3.05, 3.63) is 30.0 Å². The Morgan fingerprint density at radius 1 is 1.06 bits per heavy atom. The first-order chi connectivity index (χ1) is 17.6. The van der Waals surface area contributed by atoms with Crippen molar-refractivity contribution in [2.75, 3.05) is 66.4 Å². The third-order valence-electron chi connectivity index (χ3n) is 6.72. The summed E-state index contributed by atoms with van der Waals surface area (Å²) in [6.07, 6.45) is 5.37. The first-order valence-electron chi connectivity index (χ1n) is 12.7. The van der Waals surface area contributed by atoms with Gasteiger partial charge in [-0.15, -0.1) is 0 Å². The summed E-state index contributed by atoms with van der Waals surface area (Å²) in [5.74, 6) is 1.44. The number of rotatable bonds is 8. The van der Waals surface area contributed by atoms with Crippen LogP contribution in [0.2, 0.25) is 0 Å². The van der Waals surface area contributed by atoms with Crippen LogP contribution in [-0.2, 0) is 0 Å². The molecule has 1 amide bonds. The molecule has 2 aliphatic heterocycles. The van der Waals surface area contributed by atoms with Gasteiger partial charge in [-0.05, 0) is 56.2 Å². The van der Waals surface area contributed by atoms with Gasteiger partial charge in [0.25, 0.3) is 5.91 Å². The van der Waals surface area contributed by atoms with Gasteiger partial charge in [-0.25, -0.2) is 15.0 Å². The van der Waals surface area contributed by atoms with Crippen LogP contribution in [0.15, 0.2) is 24.3 Å². The number of hydrogen-bond acceptors (Lipinski definition) is 10. The molecule has 11 heteroatoms. The van der Waals surface area contributed by atoms with Crippen LogP contribution in [0.25, 0.3) is 10.3 Å². The molecule has 0 spiro atoms. The van der Waals surface area contributed by atoms with E-state index < -0.39 is 0 Å². The highest BCUT2D eigenvalue weighted by atomic mass is 32.1. The highest BCUT2D eigenvalue weighted by Crippen LogP contribution is 2.34. The van der Waals surface area contributed by atoms with Gasteiger partial charge >= 0.3 is 0 Å². The number of fused-ring (bicyclic) bond motifs is 1. The van der Waals surface area contributed by atoms with Crippen molar-refractivity contribution in [1.82, 2.24) is 15.0 Å². The molecule has 192 valence electrons. The number of pyridine rings is 2.